The van der Waals surface area contributed by atoms with Crippen molar-refractivity contribution in [2.45, 2.75) is 24.9 Å². The van der Waals surface area contributed by atoms with Crippen molar-refractivity contribution >= 4 is 33.6 Å². The number of hydrogen-bond acceptors (Lipinski definition) is 3. The second-order valence-electron chi connectivity index (χ2n) is 6.03. The van der Waals surface area contributed by atoms with E-state index in [0.717, 1.165) is 10.0 Å². The molecule has 0 saturated carbocycles. The van der Waals surface area contributed by atoms with Crippen molar-refractivity contribution < 1.29 is 19.4 Å². The van der Waals surface area contributed by atoms with Crippen molar-refractivity contribution in [3.8, 4) is 11.5 Å². The van der Waals surface area contributed by atoms with Crippen LogP contribution in [0, 0.1) is 0 Å². The molecule has 2 aliphatic rings. The van der Waals surface area contributed by atoms with Crippen LogP contribution in [0.5, 0.6) is 11.5 Å². The van der Waals surface area contributed by atoms with Gasteiger partial charge in [-0.3, -0.25) is 9.69 Å². The number of hydrogen-bond donors (Lipinski definition) is 2. The summed E-state index contributed by atoms with van der Waals surface area (Å²) in [4.78, 5) is 25.8. The molecule has 2 atom stereocenters. The third-order valence-electron chi connectivity index (χ3n) is 4.55. The number of anilines is 1. The number of para-hydroxylation sites is 2. The topological polar surface area (TPSA) is 78.9 Å². The number of fused-ring (bicyclic) bond motifs is 5. The Labute approximate surface area is 152 Å². The molecule has 4 rings (SSSR count). The second kappa shape index (κ2) is 6.07. The van der Waals surface area contributed by atoms with E-state index in [1.54, 1.807) is 11.0 Å². The third-order valence-corrected chi connectivity index (χ3v) is 5.19. The van der Waals surface area contributed by atoms with Crippen molar-refractivity contribution in [1.29, 1.82) is 0 Å². The summed E-state index contributed by atoms with van der Waals surface area (Å²) in [5.74, 6) is 1.14. The zero-order valence-corrected chi connectivity index (χ0v) is 14.7. The number of carbonyl (C=O) groups is 2. The van der Waals surface area contributed by atoms with E-state index in [4.69, 9.17) is 4.74 Å². The fourth-order valence-electron chi connectivity index (χ4n) is 3.57. The van der Waals surface area contributed by atoms with Crippen LogP contribution in [0.25, 0.3) is 0 Å². The molecule has 2 aromatic carbocycles. The van der Waals surface area contributed by atoms with E-state index in [1.807, 2.05) is 36.4 Å². The van der Waals surface area contributed by atoms with Gasteiger partial charge in [0.05, 0.1) is 12.1 Å². The van der Waals surface area contributed by atoms with Crippen LogP contribution in [0.4, 0.5) is 10.5 Å². The van der Waals surface area contributed by atoms with Gasteiger partial charge in [-0.15, -0.1) is 0 Å². The highest BCUT2D eigenvalue weighted by atomic mass is 79.9. The number of nitrogens with one attached hydrogen (secondary N) is 1. The predicted octanol–water partition coefficient (Wildman–Crippen LogP) is 4.06. The standard InChI is InChI=1S/C18H15BrN2O4/c19-11-5-3-7-14-17(11)21-15(22)9-8-12(20-18(23)24)16(21)10-4-1-2-6-13(10)25-14/h1-7,12,16,20H,8-9H2,(H,23,24)/t12-,16-/m0/s1. The number of benzene rings is 2. The summed E-state index contributed by atoms with van der Waals surface area (Å²) in [6, 6.07) is 12.0. The minimum Gasteiger partial charge on any atom is -0.465 e. The molecule has 0 aliphatic carbocycles. The average Bonchev–Trinajstić information content (AvgIpc) is 2.73. The summed E-state index contributed by atoms with van der Waals surface area (Å²) in [5, 5.41) is 11.8. The quantitative estimate of drug-likeness (QED) is 0.753. The Morgan fingerprint density at radius 3 is 2.76 bits per heavy atom. The molecule has 2 aromatic rings. The highest BCUT2D eigenvalue weighted by molar-refractivity contribution is 9.10. The second-order valence-corrected chi connectivity index (χ2v) is 6.88. The van der Waals surface area contributed by atoms with Gasteiger partial charge in [-0.05, 0) is 40.5 Å². The lowest BCUT2D eigenvalue weighted by atomic mass is 9.89. The van der Waals surface area contributed by atoms with Crippen molar-refractivity contribution in [3.63, 3.8) is 0 Å². The van der Waals surface area contributed by atoms with E-state index >= 15 is 0 Å². The van der Waals surface area contributed by atoms with Gasteiger partial charge in [-0.2, -0.15) is 0 Å². The number of carboxylic acid groups (broad SMARTS) is 1. The van der Waals surface area contributed by atoms with Gasteiger partial charge in [0.25, 0.3) is 0 Å². The molecule has 7 heteroatoms. The number of rotatable bonds is 1. The Balaban J connectivity index is 1.96. The maximum atomic E-state index is 12.8. The smallest absolute Gasteiger partial charge is 0.404 e. The fraction of sp³-hybridized carbons (Fsp3) is 0.222. The maximum absolute atomic E-state index is 12.8. The van der Waals surface area contributed by atoms with E-state index in [-0.39, 0.29) is 12.3 Å². The van der Waals surface area contributed by atoms with E-state index < -0.39 is 18.2 Å². The van der Waals surface area contributed by atoms with E-state index in [9.17, 15) is 14.7 Å². The number of carbonyl (C=O) groups excluding carboxylic acids is 1. The summed E-state index contributed by atoms with van der Waals surface area (Å²) < 4.78 is 6.81. The summed E-state index contributed by atoms with van der Waals surface area (Å²) in [5.41, 5.74) is 1.42. The third kappa shape index (κ3) is 2.64. The molecule has 0 unspecified atom stereocenters. The van der Waals surface area contributed by atoms with Crippen LogP contribution in [-0.4, -0.2) is 23.1 Å². The highest BCUT2D eigenvalue weighted by Gasteiger charge is 2.43. The minimum atomic E-state index is -1.10. The van der Waals surface area contributed by atoms with Gasteiger partial charge >= 0.3 is 6.09 Å². The van der Waals surface area contributed by atoms with Crippen molar-refractivity contribution in [1.82, 2.24) is 5.32 Å². The molecule has 128 valence electrons. The molecule has 0 radical (unpaired) electrons. The van der Waals surface area contributed by atoms with Crippen LogP contribution in [0.15, 0.2) is 46.9 Å². The first kappa shape index (κ1) is 16.0. The minimum absolute atomic E-state index is 0.0538. The molecule has 0 aromatic heterocycles. The van der Waals surface area contributed by atoms with Gasteiger partial charge in [0, 0.05) is 16.5 Å². The number of piperidine rings is 1. The Hall–Kier alpha value is -2.54. The van der Waals surface area contributed by atoms with Crippen LogP contribution in [-0.2, 0) is 4.79 Å². The SMILES string of the molecule is O=C(O)N[C@H]1CCC(=O)N2c3c(Br)cccc3Oc3ccccc3[C@@H]12. The van der Waals surface area contributed by atoms with Crippen LogP contribution in [0.3, 0.4) is 0 Å². The Kier molecular flexibility index (Phi) is 3.88. The lowest BCUT2D eigenvalue weighted by molar-refractivity contribution is -0.120. The molecule has 2 heterocycles. The zero-order chi connectivity index (χ0) is 17.6. The van der Waals surface area contributed by atoms with Crippen molar-refractivity contribution in [3.05, 3.63) is 52.5 Å². The van der Waals surface area contributed by atoms with Gasteiger partial charge in [0.2, 0.25) is 5.91 Å². The lowest BCUT2D eigenvalue weighted by Gasteiger charge is -2.40. The Bertz CT molecular complexity index is 870. The summed E-state index contributed by atoms with van der Waals surface area (Å²) in [6.07, 6.45) is -0.389. The van der Waals surface area contributed by atoms with Crippen LogP contribution in [0.1, 0.15) is 24.4 Å². The van der Waals surface area contributed by atoms with E-state index in [2.05, 4.69) is 21.2 Å². The largest absolute Gasteiger partial charge is 0.465 e. The summed E-state index contributed by atoms with van der Waals surface area (Å²) in [6.45, 7) is 0. The molecule has 0 bridgehead atoms. The number of nitrogens with zero attached hydrogens (tertiary/aromatic N) is 1. The number of halogens is 1. The van der Waals surface area contributed by atoms with Crippen LogP contribution >= 0.6 is 15.9 Å². The molecule has 2 aliphatic heterocycles. The molecule has 1 saturated heterocycles. The molecule has 25 heavy (non-hydrogen) atoms. The molecule has 1 fully saturated rings. The monoisotopic (exact) mass is 402 g/mol. The molecule has 2 amide bonds. The van der Waals surface area contributed by atoms with Gasteiger partial charge < -0.3 is 15.2 Å². The van der Waals surface area contributed by atoms with Crippen LogP contribution < -0.4 is 15.0 Å². The van der Waals surface area contributed by atoms with E-state index in [0.29, 0.717) is 23.6 Å². The summed E-state index contributed by atoms with van der Waals surface area (Å²) >= 11 is 3.51. The van der Waals surface area contributed by atoms with Gasteiger partial charge in [-0.1, -0.05) is 24.3 Å². The Morgan fingerprint density at radius 2 is 1.96 bits per heavy atom. The molecule has 2 N–H and O–H groups in total. The van der Waals surface area contributed by atoms with Crippen molar-refractivity contribution in [2.75, 3.05) is 4.90 Å². The number of ether oxygens (including phenoxy) is 1. The first-order chi connectivity index (χ1) is 12.1. The lowest BCUT2D eigenvalue weighted by Crippen LogP contribution is -2.52. The number of amides is 2. The van der Waals surface area contributed by atoms with Gasteiger partial charge in [0.1, 0.15) is 11.4 Å². The first-order valence-electron chi connectivity index (χ1n) is 7.93. The van der Waals surface area contributed by atoms with Gasteiger partial charge in [-0.25, -0.2) is 4.79 Å². The highest BCUT2D eigenvalue weighted by Crippen LogP contribution is 2.50. The van der Waals surface area contributed by atoms with Crippen LogP contribution in [0.2, 0.25) is 0 Å². The summed E-state index contributed by atoms with van der Waals surface area (Å²) in [7, 11) is 0. The Morgan fingerprint density at radius 1 is 1.20 bits per heavy atom. The maximum Gasteiger partial charge on any atom is 0.404 e. The van der Waals surface area contributed by atoms with Crippen molar-refractivity contribution in [2.24, 2.45) is 0 Å². The van der Waals surface area contributed by atoms with E-state index in [1.165, 1.54) is 0 Å². The van der Waals surface area contributed by atoms with Gasteiger partial charge in [0.15, 0.2) is 5.75 Å². The molecule has 0 spiro atoms. The zero-order valence-electron chi connectivity index (χ0n) is 13.1. The predicted molar refractivity (Wildman–Crippen MR) is 95.1 cm³/mol. The molecule has 6 nitrogen and oxygen atoms in total. The molecular formula is C18H15BrN2O4. The fourth-order valence-corrected chi connectivity index (χ4v) is 4.11. The average molecular weight is 403 g/mol. The molecular weight excluding hydrogens is 388 g/mol. The first-order valence-corrected chi connectivity index (χ1v) is 8.72. The normalized spacial score (nSPS) is 21.3.